The summed E-state index contributed by atoms with van der Waals surface area (Å²) in [6, 6.07) is 27.2. The van der Waals surface area contributed by atoms with Crippen LogP contribution in [0.5, 0.6) is 11.5 Å². The van der Waals surface area contributed by atoms with Gasteiger partial charge in [0.05, 0.1) is 7.11 Å². The van der Waals surface area contributed by atoms with E-state index in [-0.39, 0.29) is 30.5 Å². The lowest BCUT2D eigenvalue weighted by atomic mass is 9.83. The molecule has 1 N–H and O–H groups in total. The average molecular weight is 500 g/mol. The van der Waals surface area contributed by atoms with Crippen LogP contribution >= 0.6 is 0 Å². The van der Waals surface area contributed by atoms with Crippen LogP contribution in [-0.4, -0.2) is 32.3 Å². The van der Waals surface area contributed by atoms with Crippen LogP contribution < -0.4 is 14.8 Å². The Morgan fingerprint density at radius 1 is 1.03 bits per heavy atom. The molecule has 0 bridgehead atoms. The Kier molecular flexibility index (Phi) is 7.37. The maximum absolute atomic E-state index is 15.1. The molecule has 0 aliphatic carbocycles. The van der Waals surface area contributed by atoms with Crippen molar-refractivity contribution < 1.29 is 23.4 Å². The van der Waals surface area contributed by atoms with E-state index in [0.29, 0.717) is 24.3 Å². The van der Waals surface area contributed by atoms with Crippen LogP contribution in [0.15, 0.2) is 84.9 Å². The highest BCUT2D eigenvalue weighted by Crippen LogP contribution is 2.42. The minimum Gasteiger partial charge on any atom is -0.489 e. The molecule has 5 nitrogen and oxygen atoms in total. The first-order valence-corrected chi connectivity index (χ1v) is 12.5. The van der Waals surface area contributed by atoms with E-state index < -0.39 is 5.97 Å². The number of ether oxygens (including phenoxy) is 3. The fourth-order valence-electron chi connectivity index (χ4n) is 5.04. The lowest BCUT2D eigenvalue weighted by Gasteiger charge is -2.33. The van der Waals surface area contributed by atoms with E-state index in [9.17, 15) is 4.79 Å². The Morgan fingerprint density at radius 3 is 2.68 bits per heavy atom. The largest absolute Gasteiger partial charge is 0.489 e. The molecule has 3 atom stereocenters. The van der Waals surface area contributed by atoms with Crippen molar-refractivity contribution in [3.05, 3.63) is 107 Å². The summed E-state index contributed by atoms with van der Waals surface area (Å²) in [5.74, 6) is 0.150. The smallest absolute Gasteiger partial charge is 0.343 e. The Morgan fingerprint density at radius 2 is 1.81 bits per heavy atom. The minimum absolute atomic E-state index is 0.108. The second-order valence-corrected chi connectivity index (χ2v) is 9.31. The fourth-order valence-corrected chi connectivity index (χ4v) is 5.04. The highest BCUT2D eigenvalue weighted by molar-refractivity contribution is 5.86. The zero-order valence-corrected chi connectivity index (χ0v) is 20.9. The third-order valence-corrected chi connectivity index (χ3v) is 6.96. The molecular weight excluding hydrogens is 469 g/mol. The molecule has 1 aliphatic rings. The summed E-state index contributed by atoms with van der Waals surface area (Å²) in [4.78, 5) is 11.5. The SMILES string of the molecule is COC(=O)COc1ccc(F)c([C@@H]2C[C@H](CN[C@H](C)c3cccc4ccccc34)Oc3ccccc32)c1. The van der Waals surface area contributed by atoms with Gasteiger partial charge in [-0.2, -0.15) is 0 Å². The van der Waals surface area contributed by atoms with Crippen LogP contribution in [0.3, 0.4) is 0 Å². The number of esters is 1. The molecule has 1 heterocycles. The molecule has 5 rings (SSSR count). The van der Waals surface area contributed by atoms with Crippen LogP contribution in [0.2, 0.25) is 0 Å². The molecule has 6 heteroatoms. The van der Waals surface area contributed by atoms with Crippen molar-refractivity contribution in [3.8, 4) is 11.5 Å². The number of halogens is 1. The van der Waals surface area contributed by atoms with E-state index in [1.165, 1.54) is 35.6 Å². The van der Waals surface area contributed by atoms with E-state index in [2.05, 4.69) is 53.4 Å². The van der Waals surface area contributed by atoms with Crippen molar-refractivity contribution in [1.29, 1.82) is 0 Å². The monoisotopic (exact) mass is 499 g/mol. The molecule has 0 saturated carbocycles. The standard InChI is InChI=1S/C31H30FNO4/c1-20(24-12-7-9-21-8-3-4-10-25(21)24)33-18-23-17-27(26-11-5-6-13-30(26)37-23)28-16-22(14-15-29(28)32)36-19-31(34)35-2/h3-16,20,23,27,33H,17-19H2,1-2H3/t20-,23-,27-/m1/s1. The van der Waals surface area contributed by atoms with Crippen molar-refractivity contribution in [2.24, 2.45) is 0 Å². The van der Waals surface area contributed by atoms with Gasteiger partial charge < -0.3 is 19.5 Å². The van der Waals surface area contributed by atoms with E-state index in [1.54, 1.807) is 6.07 Å². The quantitative estimate of drug-likeness (QED) is 0.294. The number of para-hydroxylation sites is 1. The number of hydrogen-bond donors (Lipinski definition) is 1. The Hall–Kier alpha value is -3.90. The fraction of sp³-hybridized carbons (Fsp3) is 0.258. The highest BCUT2D eigenvalue weighted by Gasteiger charge is 2.31. The van der Waals surface area contributed by atoms with Gasteiger partial charge in [0.25, 0.3) is 0 Å². The van der Waals surface area contributed by atoms with E-state index in [0.717, 1.165) is 11.3 Å². The van der Waals surface area contributed by atoms with Gasteiger partial charge in [-0.05, 0) is 59.5 Å². The predicted octanol–water partition coefficient (Wildman–Crippen LogP) is 6.16. The summed E-state index contributed by atoms with van der Waals surface area (Å²) in [5, 5.41) is 6.07. The van der Waals surface area contributed by atoms with Gasteiger partial charge in [0.1, 0.15) is 23.4 Å². The van der Waals surface area contributed by atoms with Crippen LogP contribution in [0, 0.1) is 5.82 Å². The van der Waals surface area contributed by atoms with Crippen molar-refractivity contribution >= 4 is 16.7 Å². The normalized spacial score (nSPS) is 17.5. The Labute approximate surface area is 216 Å². The van der Waals surface area contributed by atoms with Gasteiger partial charge in [-0.25, -0.2) is 9.18 Å². The number of nitrogens with one attached hydrogen (secondary N) is 1. The van der Waals surface area contributed by atoms with Crippen LogP contribution in [0.25, 0.3) is 10.8 Å². The number of methoxy groups -OCH3 is 1. The molecule has 0 spiro atoms. The van der Waals surface area contributed by atoms with Crippen LogP contribution in [0.4, 0.5) is 4.39 Å². The first-order chi connectivity index (χ1) is 18.0. The third kappa shape index (κ3) is 5.44. The highest BCUT2D eigenvalue weighted by atomic mass is 19.1. The molecule has 190 valence electrons. The second kappa shape index (κ2) is 11.0. The van der Waals surface area contributed by atoms with E-state index >= 15 is 4.39 Å². The number of hydrogen-bond acceptors (Lipinski definition) is 5. The van der Waals surface area contributed by atoms with Gasteiger partial charge in [0.2, 0.25) is 0 Å². The Bertz CT molecular complexity index is 1400. The Balaban J connectivity index is 1.36. The van der Waals surface area contributed by atoms with Crippen molar-refractivity contribution in [3.63, 3.8) is 0 Å². The van der Waals surface area contributed by atoms with Crippen molar-refractivity contribution in [1.82, 2.24) is 5.32 Å². The van der Waals surface area contributed by atoms with E-state index in [1.807, 2.05) is 30.3 Å². The van der Waals surface area contributed by atoms with Gasteiger partial charge in [0.15, 0.2) is 6.61 Å². The molecule has 37 heavy (non-hydrogen) atoms. The van der Waals surface area contributed by atoms with Gasteiger partial charge in [0, 0.05) is 24.1 Å². The molecule has 0 fully saturated rings. The minimum atomic E-state index is -0.492. The molecule has 4 aromatic carbocycles. The summed E-state index contributed by atoms with van der Waals surface area (Å²) >= 11 is 0. The van der Waals surface area contributed by atoms with E-state index in [4.69, 9.17) is 9.47 Å². The number of carbonyl (C=O) groups is 1. The summed E-state index contributed by atoms with van der Waals surface area (Å²) in [6.45, 7) is 2.53. The first kappa shape index (κ1) is 24.8. The first-order valence-electron chi connectivity index (χ1n) is 12.5. The molecule has 0 saturated heterocycles. The summed E-state index contributed by atoms with van der Waals surface area (Å²) in [7, 11) is 1.30. The molecule has 4 aromatic rings. The summed E-state index contributed by atoms with van der Waals surface area (Å²) in [6.07, 6.45) is 0.445. The summed E-state index contributed by atoms with van der Waals surface area (Å²) < 4.78 is 31.6. The van der Waals surface area contributed by atoms with Gasteiger partial charge in [-0.15, -0.1) is 0 Å². The van der Waals surface area contributed by atoms with Crippen molar-refractivity contribution in [2.75, 3.05) is 20.3 Å². The van der Waals surface area contributed by atoms with Gasteiger partial charge >= 0.3 is 5.97 Å². The lowest BCUT2D eigenvalue weighted by molar-refractivity contribution is -0.142. The predicted molar refractivity (Wildman–Crippen MR) is 142 cm³/mol. The maximum Gasteiger partial charge on any atom is 0.343 e. The van der Waals surface area contributed by atoms with Crippen LogP contribution in [-0.2, 0) is 9.53 Å². The number of fused-ring (bicyclic) bond motifs is 2. The molecule has 0 unspecified atom stereocenters. The lowest BCUT2D eigenvalue weighted by Crippen LogP contribution is -2.37. The molecule has 0 amide bonds. The number of carbonyl (C=O) groups excluding carboxylic acids is 1. The number of rotatable bonds is 8. The van der Waals surface area contributed by atoms with Crippen molar-refractivity contribution in [2.45, 2.75) is 31.4 Å². The number of benzene rings is 4. The third-order valence-electron chi connectivity index (χ3n) is 6.96. The molecular formula is C31H30FNO4. The zero-order chi connectivity index (χ0) is 25.8. The van der Waals surface area contributed by atoms with Crippen LogP contribution in [0.1, 0.15) is 42.0 Å². The zero-order valence-electron chi connectivity index (χ0n) is 20.9. The van der Waals surface area contributed by atoms with Gasteiger partial charge in [-0.3, -0.25) is 0 Å². The average Bonchev–Trinajstić information content (AvgIpc) is 2.94. The molecule has 1 aliphatic heterocycles. The summed E-state index contributed by atoms with van der Waals surface area (Å²) in [5.41, 5.74) is 2.68. The molecule has 0 aromatic heterocycles. The topological polar surface area (TPSA) is 56.8 Å². The molecule has 0 radical (unpaired) electrons. The second-order valence-electron chi connectivity index (χ2n) is 9.31. The maximum atomic E-state index is 15.1. The van der Waals surface area contributed by atoms with Gasteiger partial charge in [-0.1, -0.05) is 60.7 Å².